The van der Waals surface area contributed by atoms with Crippen LogP contribution in [0, 0.1) is 11.6 Å². The number of hydrogen-bond acceptors (Lipinski definition) is 4. The van der Waals surface area contributed by atoms with E-state index in [-0.39, 0.29) is 6.42 Å². The van der Waals surface area contributed by atoms with E-state index in [0.717, 1.165) is 24.1 Å². The molecule has 1 amide bonds. The maximum Gasteiger partial charge on any atom is 0.328 e. The highest BCUT2D eigenvalue weighted by atomic mass is 19.3. The van der Waals surface area contributed by atoms with Crippen molar-refractivity contribution in [1.29, 1.82) is 0 Å². The summed E-state index contributed by atoms with van der Waals surface area (Å²) in [6.45, 7) is -0.876. The van der Waals surface area contributed by atoms with Crippen LogP contribution < -0.4 is 5.73 Å². The number of nitrogens with zero attached hydrogens (tertiary/aromatic N) is 1. The summed E-state index contributed by atoms with van der Waals surface area (Å²) in [4.78, 5) is 25.1. The first-order valence-electron chi connectivity index (χ1n) is 8.61. The van der Waals surface area contributed by atoms with Gasteiger partial charge < -0.3 is 15.4 Å². The van der Waals surface area contributed by atoms with Crippen molar-refractivity contribution in [3.05, 3.63) is 34.9 Å². The first kappa shape index (κ1) is 19.6. The fourth-order valence-corrected chi connectivity index (χ4v) is 3.96. The first-order chi connectivity index (χ1) is 12.6. The van der Waals surface area contributed by atoms with Crippen LogP contribution in [0.3, 0.4) is 0 Å². The minimum Gasteiger partial charge on any atom is -0.467 e. The Labute approximate surface area is 153 Å². The van der Waals surface area contributed by atoms with Gasteiger partial charge in [-0.05, 0) is 36.1 Å². The molecule has 1 aliphatic carbocycles. The average Bonchev–Trinajstić information content (AvgIpc) is 3.14. The van der Waals surface area contributed by atoms with Crippen LogP contribution in [0.2, 0.25) is 0 Å². The van der Waals surface area contributed by atoms with E-state index in [9.17, 15) is 27.2 Å². The first-order valence-corrected chi connectivity index (χ1v) is 8.61. The second-order valence-corrected chi connectivity index (χ2v) is 7.10. The van der Waals surface area contributed by atoms with Crippen molar-refractivity contribution in [3.63, 3.8) is 0 Å². The highest BCUT2D eigenvalue weighted by Crippen LogP contribution is 2.38. The molecule has 5 nitrogen and oxygen atoms in total. The maximum absolute atomic E-state index is 13.7. The highest BCUT2D eigenvalue weighted by molar-refractivity contribution is 5.85. The van der Waals surface area contributed by atoms with E-state index in [1.165, 1.54) is 0 Å². The van der Waals surface area contributed by atoms with Gasteiger partial charge in [0, 0.05) is 24.8 Å². The fraction of sp³-hybridized carbons (Fsp3) is 0.556. The van der Waals surface area contributed by atoms with Crippen LogP contribution in [-0.2, 0) is 20.7 Å². The monoisotopic (exact) mass is 388 g/mol. The standard InChI is InChI=1S/C18H20F4N2O3/c1-27-17(26)15-7-18(21,22)8-24(15)16(25)6-14(23)10-3-2-9-4-12(19)13(20)5-11(9)10/h4-5,10,14-15H,2-3,6-8,23H2,1H3/t10-,14-,15-/m0/s1. The highest BCUT2D eigenvalue weighted by Gasteiger charge is 2.50. The Balaban J connectivity index is 1.73. The van der Waals surface area contributed by atoms with E-state index in [2.05, 4.69) is 4.74 Å². The van der Waals surface area contributed by atoms with Gasteiger partial charge in [0.05, 0.1) is 13.7 Å². The molecule has 0 unspecified atom stereocenters. The van der Waals surface area contributed by atoms with Crippen molar-refractivity contribution in [2.24, 2.45) is 5.73 Å². The number of carbonyl (C=O) groups excluding carboxylic acids is 2. The van der Waals surface area contributed by atoms with Gasteiger partial charge in [0.25, 0.3) is 5.92 Å². The van der Waals surface area contributed by atoms with E-state index in [1.54, 1.807) is 0 Å². The topological polar surface area (TPSA) is 72.6 Å². The Bertz CT molecular complexity index is 771. The van der Waals surface area contributed by atoms with Gasteiger partial charge in [0.2, 0.25) is 5.91 Å². The Morgan fingerprint density at radius 1 is 1.33 bits per heavy atom. The van der Waals surface area contributed by atoms with Crippen molar-refractivity contribution in [3.8, 4) is 0 Å². The number of rotatable bonds is 4. The normalized spacial score (nSPS) is 24.6. The van der Waals surface area contributed by atoms with Crippen LogP contribution in [0.1, 0.15) is 36.3 Å². The quantitative estimate of drug-likeness (QED) is 0.634. The summed E-state index contributed by atoms with van der Waals surface area (Å²) in [5.41, 5.74) is 7.26. The molecule has 1 aromatic rings. The number of likely N-dealkylation sites (tertiary alicyclic amines) is 1. The van der Waals surface area contributed by atoms with E-state index in [0.29, 0.717) is 24.0 Å². The molecule has 3 atom stereocenters. The summed E-state index contributed by atoms with van der Waals surface area (Å²) < 4.78 is 58.8. The molecule has 3 rings (SSSR count). The van der Waals surface area contributed by atoms with E-state index >= 15 is 0 Å². The minimum atomic E-state index is -3.18. The number of carbonyl (C=O) groups is 2. The summed E-state index contributed by atoms with van der Waals surface area (Å²) >= 11 is 0. The predicted molar refractivity (Wildman–Crippen MR) is 87.1 cm³/mol. The third-order valence-electron chi connectivity index (χ3n) is 5.30. The molecule has 27 heavy (non-hydrogen) atoms. The van der Waals surface area contributed by atoms with Gasteiger partial charge in [0.15, 0.2) is 11.6 Å². The lowest BCUT2D eigenvalue weighted by molar-refractivity contribution is -0.151. The number of hydrogen-bond donors (Lipinski definition) is 1. The SMILES string of the molecule is COC(=O)[C@@H]1CC(F)(F)CN1C(=O)C[C@H](N)[C@H]1CCc2cc(F)c(F)cc21. The van der Waals surface area contributed by atoms with Gasteiger partial charge >= 0.3 is 5.97 Å². The number of halogens is 4. The Hall–Kier alpha value is -2.16. The molecule has 0 bridgehead atoms. The number of nitrogens with two attached hydrogens (primary N) is 1. The van der Waals surface area contributed by atoms with Crippen molar-refractivity contribution in [2.75, 3.05) is 13.7 Å². The summed E-state index contributed by atoms with van der Waals surface area (Å²) in [7, 11) is 1.07. The second-order valence-electron chi connectivity index (χ2n) is 7.10. The number of aryl methyl sites for hydroxylation is 1. The molecular formula is C18H20F4N2O3. The van der Waals surface area contributed by atoms with Gasteiger partial charge in [-0.1, -0.05) is 0 Å². The molecule has 0 saturated carbocycles. The molecule has 1 aliphatic heterocycles. The van der Waals surface area contributed by atoms with Gasteiger partial charge in [-0.2, -0.15) is 0 Å². The molecule has 0 radical (unpaired) electrons. The van der Waals surface area contributed by atoms with Crippen LogP contribution in [0.15, 0.2) is 12.1 Å². The predicted octanol–water partition coefficient (Wildman–Crippen LogP) is 2.12. The van der Waals surface area contributed by atoms with Gasteiger partial charge in [-0.3, -0.25) is 4.79 Å². The number of ether oxygens (including phenoxy) is 1. The molecule has 0 aromatic heterocycles. The van der Waals surface area contributed by atoms with Gasteiger partial charge in [0.1, 0.15) is 6.04 Å². The number of methoxy groups -OCH3 is 1. The van der Waals surface area contributed by atoms with Crippen molar-refractivity contribution < 1.29 is 31.9 Å². The molecule has 1 fully saturated rings. The van der Waals surface area contributed by atoms with Crippen molar-refractivity contribution >= 4 is 11.9 Å². The Morgan fingerprint density at radius 2 is 2.00 bits per heavy atom. The molecule has 9 heteroatoms. The Morgan fingerprint density at radius 3 is 2.67 bits per heavy atom. The fourth-order valence-electron chi connectivity index (χ4n) is 3.96. The zero-order valence-corrected chi connectivity index (χ0v) is 14.7. The molecule has 0 spiro atoms. The van der Waals surface area contributed by atoms with Crippen molar-refractivity contribution in [2.45, 2.75) is 49.6 Å². The number of esters is 1. The molecule has 2 N–H and O–H groups in total. The van der Waals surface area contributed by atoms with Crippen molar-refractivity contribution in [1.82, 2.24) is 4.90 Å². The van der Waals surface area contributed by atoms with Crippen LogP contribution in [0.5, 0.6) is 0 Å². The number of fused-ring (bicyclic) bond motifs is 1. The molecule has 1 heterocycles. The smallest absolute Gasteiger partial charge is 0.328 e. The van der Waals surface area contributed by atoms with Crippen LogP contribution in [-0.4, -0.2) is 48.4 Å². The lowest BCUT2D eigenvalue weighted by Gasteiger charge is -2.26. The molecule has 2 aliphatic rings. The summed E-state index contributed by atoms with van der Waals surface area (Å²) in [5.74, 6) is -7.11. The second kappa shape index (κ2) is 7.10. The maximum atomic E-state index is 13.7. The third-order valence-corrected chi connectivity index (χ3v) is 5.30. The average molecular weight is 388 g/mol. The number of benzene rings is 1. The minimum absolute atomic E-state index is 0.285. The molecule has 1 saturated heterocycles. The number of amides is 1. The van der Waals surface area contributed by atoms with Crippen LogP contribution >= 0.6 is 0 Å². The zero-order valence-electron chi connectivity index (χ0n) is 14.7. The number of alkyl halides is 2. The van der Waals surface area contributed by atoms with E-state index < -0.39 is 60.4 Å². The lowest BCUT2D eigenvalue weighted by atomic mass is 9.91. The molecule has 148 valence electrons. The Kier molecular flexibility index (Phi) is 5.16. The zero-order chi connectivity index (χ0) is 19.9. The summed E-state index contributed by atoms with van der Waals surface area (Å²) in [6.07, 6.45) is -0.0843. The van der Waals surface area contributed by atoms with E-state index in [4.69, 9.17) is 5.73 Å². The molecular weight excluding hydrogens is 368 g/mol. The van der Waals surface area contributed by atoms with E-state index in [1.807, 2.05) is 0 Å². The summed E-state index contributed by atoms with van der Waals surface area (Å²) in [5, 5.41) is 0. The summed E-state index contributed by atoms with van der Waals surface area (Å²) in [6, 6.07) is 0.0739. The van der Waals surface area contributed by atoms with Crippen LogP contribution in [0.25, 0.3) is 0 Å². The third kappa shape index (κ3) is 3.78. The lowest BCUT2D eigenvalue weighted by Crippen LogP contribution is -2.44. The molecule has 1 aromatic carbocycles. The van der Waals surface area contributed by atoms with Crippen LogP contribution in [0.4, 0.5) is 17.6 Å². The van der Waals surface area contributed by atoms with Gasteiger partial charge in [-0.15, -0.1) is 0 Å². The van der Waals surface area contributed by atoms with Gasteiger partial charge in [-0.25, -0.2) is 22.4 Å². The largest absolute Gasteiger partial charge is 0.467 e.